The summed E-state index contributed by atoms with van der Waals surface area (Å²) < 4.78 is 0. The Balaban J connectivity index is 2.07. The number of anilines is 2. The molecule has 0 aliphatic carbocycles. The van der Waals surface area contributed by atoms with Crippen LogP contribution in [0, 0.1) is 0 Å². The first kappa shape index (κ1) is 14.1. The predicted octanol–water partition coefficient (Wildman–Crippen LogP) is 3.55. The third-order valence-electron chi connectivity index (χ3n) is 2.55. The summed E-state index contributed by atoms with van der Waals surface area (Å²) in [5, 5.41) is 5.95. The monoisotopic (exact) mass is 288 g/mol. The first-order chi connectivity index (χ1) is 9.54. The molecule has 0 fully saturated rings. The average molecular weight is 289 g/mol. The Hall–Kier alpha value is -2.33. The van der Waals surface area contributed by atoms with Gasteiger partial charge in [0.2, 0.25) is 5.91 Å². The minimum absolute atomic E-state index is 0.152. The molecule has 0 unspecified atom stereocenters. The highest BCUT2D eigenvalue weighted by atomic mass is 35.5. The van der Waals surface area contributed by atoms with Crippen molar-refractivity contribution in [3.63, 3.8) is 0 Å². The third kappa shape index (κ3) is 3.83. The van der Waals surface area contributed by atoms with Crippen LogP contribution in [0.25, 0.3) is 0 Å². The van der Waals surface area contributed by atoms with Gasteiger partial charge in [-0.2, -0.15) is 0 Å². The van der Waals surface area contributed by atoms with Crippen molar-refractivity contribution in [1.82, 2.24) is 0 Å². The lowest BCUT2D eigenvalue weighted by Gasteiger charge is -2.07. The second kappa shape index (κ2) is 6.21. The number of carbonyl (C=O) groups is 2. The number of rotatable bonds is 3. The van der Waals surface area contributed by atoms with E-state index in [1.54, 1.807) is 48.5 Å². The number of carbonyl (C=O) groups excluding carboxylic acids is 2. The second-order valence-corrected chi connectivity index (χ2v) is 4.66. The second-order valence-electron chi connectivity index (χ2n) is 4.22. The summed E-state index contributed by atoms with van der Waals surface area (Å²) in [6, 6.07) is 13.6. The van der Waals surface area contributed by atoms with E-state index in [0.29, 0.717) is 22.0 Å². The Labute approximate surface area is 121 Å². The van der Waals surface area contributed by atoms with Gasteiger partial charge >= 0.3 is 0 Å². The molecule has 0 bridgehead atoms. The van der Waals surface area contributed by atoms with Crippen molar-refractivity contribution in [3.05, 3.63) is 59.1 Å². The molecule has 0 aliphatic rings. The zero-order valence-electron chi connectivity index (χ0n) is 10.8. The first-order valence-corrected chi connectivity index (χ1v) is 6.37. The lowest BCUT2D eigenvalue weighted by Crippen LogP contribution is -2.12. The number of benzene rings is 2. The van der Waals surface area contributed by atoms with Gasteiger partial charge in [0.1, 0.15) is 0 Å². The van der Waals surface area contributed by atoms with Crippen molar-refractivity contribution < 1.29 is 9.59 Å². The van der Waals surface area contributed by atoms with Gasteiger partial charge in [0.05, 0.1) is 0 Å². The minimum atomic E-state index is -0.235. The maximum Gasteiger partial charge on any atom is 0.255 e. The minimum Gasteiger partial charge on any atom is -0.326 e. The van der Waals surface area contributed by atoms with Gasteiger partial charge < -0.3 is 10.6 Å². The number of hydrogen-bond acceptors (Lipinski definition) is 2. The molecule has 20 heavy (non-hydrogen) atoms. The Morgan fingerprint density at radius 1 is 0.950 bits per heavy atom. The molecule has 2 rings (SSSR count). The van der Waals surface area contributed by atoms with Crippen LogP contribution in [0.2, 0.25) is 5.02 Å². The van der Waals surface area contributed by atoms with Gasteiger partial charge in [-0.1, -0.05) is 17.7 Å². The molecule has 0 spiro atoms. The summed E-state index contributed by atoms with van der Waals surface area (Å²) in [5.74, 6) is -0.386. The van der Waals surface area contributed by atoms with Gasteiger partial charge in [0.15, 0.2) is 0 Å². The largest absolute Gasteiger partial charge is 0.326 e. The standard InChI is InChI=1S/C15H13ClN2O2/c1-10(19)17-13-7-5-11(6-8-13)15(20)18-14-4-2-3-12(16)9-14/h2-9H,1H3,(H,17,19)(H,18,20). The van der Waals surface area contributed by atoms with Crippen molar-refractivity contribution in [2.45, 2.75) is 6.92 Å². The first-order valence-electron chi connectivity index (χ1n) is 5.99. The van der Waals surface area contributed by atoms with Crippen LogP contribution in [-0.2, 0) is 4.79 Å². The molecule has 0 aliphatic heterocycles. The van der Waals surface area contributed by atoms with Crippen LogP contribution in [0.5, 0.6) is 0 Å². The molecular formula is C15H13ClN2O2. The third-order valence-corrected chi connectivity index (χ3v) is 2.79. The summed E-state index contributed by atoms with van der Waals surface area (Å²) in [7, 11) is 0. The fourth-order valence-corrected chi connectivity index (χ4v) is 1.87. The molecule has 2 N–H and O–H groups in total. The molecule has 0 atom stereocenters. The molecule has 2 aromatic carbocycles. The van der Waals surface area contributed by atoms with E-state index in [0.717, 1.165) is 0 Å². The molecule has 5 heteroatoms. The molecular weight excluding hydrogens is 276 g/mol. The van der Waals surface area contributed by atoms with Crippen LogP contribution in [0.4, 0.5) is 11.4 Å². The number of halogens is 1. The molecule has 2 amide bonds. The van der Waals surface area contributed by atoms with E-state index in [-0.39, 0.29) is 11.8 Å². The van der Waals surface area contributed by atoms with Crippen LogP contribution in [0.3, 0.4) is 0 Å². The average Bonchev–Trinajstić information content (AvgIpc) is 2.38. The van der Waals surface area contributed by atoms with Gasteiger partial charge in [-0.25, -0.2) is 0 Å². The highest BCUT2D eigenvalue weighted by Crippen LogP contribution is 2.16. The van der Waals surface area contributed by atoms with Gasteiger partial charge in [-0.05, 0) is 42.5 Å². The van der Waals surface area contributed by atoms with E-state index in [9.17, 15) is 9.59 Å². The molecule has 0 saturated heterocycles. The number of amides is 2. The Kier molecular flexibility index (Phi) is 4.38. The van der Waals surface area contributed by atoms with E-state index < -0.39 is 0 Å². The molecule has 2 aromatic rings. The summed E-state index contributed by atoms with van der Waals surface area (Å²) in [5.41, 5.74) is 1.78. The van der Waals surface area contributed by atoms with Gasteiger partial charge in [-0.15, -0.1) is 0 Å². The van der Waals surface area contributed by atoms with E-state index >= 15 is 0 Å². The smallest absolute Gasteiger partial charge is 0.255 e. The van der Waals surface area contributed by atoms with Crippen LogP contribution in [0.15, 0.2) is 48.5 Å². The van der Waals surface area contributed by atoms with Crippen LogP contribution >= 0.6 is 11.6 Å². The lowest BCUT2D eigenvalue weighted by atomic mass is 10.2. The topological polar surface area (TPSA) is 58.2 Å². The maximum atomic E-state index is 12.0. The van der Waals surface area contributed by atoms with Crippen molar-refractivity contribution in [2.75, 3.05) is 10.6 Å². The van der Waals surface area contributed by atoms with Crippen molar-refractivity contribution in [3.8, 4) is 0 Å². The van der Waals surface area contributed by atoms with Gasteiger partial charge in [0.25, 0.3) is 5.91 Å². The Morgan fingerprint density at radius 2 is 1.65 bits per heavy atom. The molecule has 0 saturated carbocycles. The van der Waals surface area contributed by atoms with Crippen molar-refractivity contribution >= 4 is 34.8 Å². The molecule has 4 nitrogen and oxygen atoms in total. The zero-order valence-corrected chi connectivity index (χ0v) is 11.6. The van der Waals surface area contributed by atoms with Crippen molar-refractivity contribution in [2.24, 2.45) is 0 Å². The van der Waals surface area contributed by atoms with E-state index in [2.05, 4.69) is 10.6 Å². The molecule has 0 radical (unpaired) electrons. The quantitative estimate of drug-likeness (QED) is 0.907. The summed E-state index contributed by atoms with van der Waals surface area (Å²) in [6.07, 6.45) is 0. The molecule has 102 valence electrons. The molecule has 0 heterocycles. The van der Waals surface area contributed by atoms with Crippen LogP contribution in [-0.4, -0.2) is 11.8 Å². The Bertz CT molecular complexity index is 639. The van der Waals surface area contributed by atoms with Crippen LogP contribution < -0.4 is 10.6 Å². The van der Waals surface area contributed by atoms with Gasteiger partial charge in [0, 0.05) is 28.9 Å². The maximum absolute atomic E-state index is 12.0. The fraction of sp³-hybridized carbons (Fsp3) is 0.0667. The number of hydrogen-bond donors (Lipinski definition) is 2. The summed E-state index contributed by atoms with van der Waals surface area (Å²) >= 11 is 5.85. The number of nitrogens with one attached hydrogen (secondary N) is 2. The van der Waals surface area contributed by atoms with E-state index in [1.807, 2.05) is 0 Å². The lowest BCUT2D eigenvalue weighted by molar-refractivity contribution is -0.114. The predicted molar refractivity (Wildman–Crippen MR) is 80.2 cm³/mol. The fourth-order valence-electron chi connectivity index (χ4n) is 1.68. The highest BCUT2D eigenvalue weighted by molar-refractivity contribution is 6.30. The van der Waals surface area contributed by atoms with Gasteiger partial charge in [-0.3, -0.25) is 9.59 Å². The Morgan fingerprint density at radius 3 is 2.25 bits per heavy atom. The summed E-state index contributed by atoms with van der Waals surface area (Å²) in [6.45, 7) is 1.43. The SMILES string of the molecule is CC(=O)Nc1ccc(C(=O)Nc2cccc(Cl)c2)cc1. The van der Waals surface area contributed by atoms with E-state index in [1.165, 1.54) is 6.92 Å². The molecule has 0 aromatic heterocycles. The normalized spacial score (nSPS) is 9.90. The van der Waals surface area contributed by atoms with E-state index in [4.69, 9.17) is 11.6 Å². The highest BCUT2D eigenvalue weighted by Gasteiger charge is 2.06. The zero-order chi connectivity index (χ0) is 14.5. The van der Waals surface area contributed by atoms with Crippen LogP contribution in [0.1, 0.15) is 17.3 Å². The summed E-state index contributed by atoms with van der Waals surface area (Å²) in [4.78, 5) is 22.9. The van der Waals surface area contributed by atoms with Crippen molar-refractivity contribution in [1.29, 1.82) is 0 Å².